The Hall–Kier alpha value is -1.56. The molecule has 3 nitrogen and oxygen atoms in total. The second-order valence-electron chi connectivity index (χ2n) is 4.15. The van der Waals surface area contributed by atoms with Crippen molar-refractivity contribution in [3.8, 4) is 0 Å². The van der Waals surface area contributed by atoms with E-state index < -0.39 is 23.4 Å². The van der Waals surface area contributed by atoms with Crippen molar-refractivity contribution in [2.45, 2.75) is 19.8 Å². The van der Waals surface area contributed by atoms with Gasteiger partial charge in [0.15, 0.2) is 17.5 Å². The molecule has 18 heavy (non-hydrogen) atoms. The van der Waals surface area contributed by atoms with Gasteiger partial charge in [-0.2, -0.15) is 0 Å². The van der Waals surface area contributed by atoms with Crippen molar-refractivity contribution in [2.24, 2.45) is 11.7 Å². The summed E-state index contributed by atoms with van der Waals surface area (Å²) >= 11 is 0. The summed E-state index contributed by atoms with van der Waals surface area (Å²) < 4.78 is 38.8. The molecule has 1 unspecified atom stereocenters. The van der Waals surface area contributed by atoms with Crippen LogP contribution in [0, 0.1) is 23.4 Å². The van der Waals surface area contributed by atoms with E-state index in [9.17, 15) is 18.0 Å². The lowest BCUT2D eigenvalue weighted by Gasteiger charge is -2.09. The maximum absolute atomic E-state index is 13.2. The first kappa shape index (κ1) is 14.5. The van der Waals surface area contributed by atoms with Crippen LogP contribution in [0.25, 0.3) is 0 Å². The van der Waals surface area contributed by atoms with Gasteiger partial charge in [-0.3, -0.25) is 4.79 Å². The van der Waals surface area contributed by atoms with Crippen LogP contribution in [0.15, 0.2) is 12.1 Å². The van der Waals surface area contributed by atoms with Gasteiger partial charge in [0.2, 0.25) is 5.91 Å². The fraction of sp³-hybridized carbons (Fsp3) is 0.417. The van der Waals surface area contributed by atoms with E-state index in [1.807, 2.05) is 6.92 Å². The van der Waals surface area contributed by atoms with E-state index in [2.05, 4.69) is 5.32 Å². The normalized spacial score (nSPS) is 12.3. The Morgan fingerprint density at radius 3 is 2.61 bits per heavy atom. The molecule has 0 saturated carbocycles. The molecule has 1 atom stereocenters. The van der Waals surface area contributed by atoms with Crippen LogP contribution in [0.5, 0.6) is 0 Å². The van der Waals surface area contributed by atoms with Gasteiger partial charge in [0.05, 0.1) is 5.69 Å². The molecule has 1 aromatic carbocycles. The minimum absolute atomic E-state index is 0.150. The van der Waals surface area contributed by atoms with Gasteiger partial charge in [0, 0.05) is 6.42 Å². The zero-order valence-corrected chi connectivity index (χ0v) is 9.97. The summed E-state index contributed by atoms with van der Waals surface area (Å²) in [5.74, 6) is -4.56. The Morgan fingerprint density at radius 1 is 1.33 bits per heavy atom. The summed E-state index contributed by atoms with van der Waals surface area (Å²) in [5.41, 5.74) is 5.03. The van der Waals surface area contributed by atoms with E-state index in [-0.39, 0.29) is 18.0 Å². The molecule has 0 aliphatic heterocycles. The van der Waals surface area contributed by atoms with Crippen molar-refractivity contribution >= 4 is 11.6 Å². The lowest BCUT2D eigenvalue weighted by molar-refractivity contribution is -0.116. The van der Waals surface area contributed by atoms with Crippen molar-refractivity contribution in [3.63, 3.8) is 0 Å². The number of nitrogens with one attached hydrogen (secondary N) is 1. The van der Waals surface area contributed by atoms with Crippen LogP contribution in [0.4, 0.5) is 18.9 Å². The largest absolute Gasteiger partial charge is 0.330 e. The molecule has 0 saturated heterocycles. The van der Waals surface area contributed by atoms with Gasteiger partial charge >= 0.3 is 0 Å². The highest BCUT2D eigenvalue weighted by Gasteiger charge is 2.15. The highest BCUT2D eigenvalue weighted by atomic mass is 19.2. The van der Waals surface area contributed by atoms with Gasteiger partial charge in [0.1, 0.15) is 0 Å². The summed E-state index contributed by atoms with van der Waals surface area (Å²) in [7, 11) is 0. The minimum Gasteiger partial charge on any atom is -0.330 e. The van der Waals surface area contributed by atoms with Gasteiger partial charge in [-0.15, -0.1) is 0 Å². The van der Waals surface area contributed by atoms with Crippen LogP contribution < -0.4 is 11.1 Å². The molecule has 1 amide bonds. The number of amides is 1. The Bertz CT molecular complexity index is 438. The third kappa shape index (κ3) is 3.73. The molecule has 3 N–H and O–H groups in total. The van der Waals surface area contributed by atoms with E-state index >= 15 is 0 Å². The lowest BCUT2D eigenvalue weighted by atomic mass is 10.1. The molecular formula is C12H15F3N2O. The van der Waals surface area contributed by atoms with Crippen LogP contribution in [0.1, 0.15) is 19.8 Å². The highest BCUT2D eigenvalue weighted by molar-refractivity contribution is 5.90. The fourth-order valence-electron chi connectivity index (χ4n) is 1.33. The summed E-state index contributed by atoms with van der Waals surface area (Å²) in [5, 5.41) is 2.20. The minimum atomic E-state index is -1.59. The summed E-state index contributed by atoms with van der Waals surface area (Å²) in [6.07, 6.45) is 0.699. The summed E-state index contributed by atoms with van der Waals surface area (Å²) in [6, 6.07) is 1.74. The van der Waals surface area contributed by atoms with Gasteiger partial charge in [0.25, 0.3) is 0 Å². The molecule has 1 aromatic rings. The molecule has 1 rings (SSSR count). The second-order valence-corrected chi connectivity index (χ2v) is 4.15. The maximum Gasteiger partial charge on any atom is 0.224 e. The van der Waals surface area contributed by atoms with Crippen LogP contribution >= 0.6 is 0 Å². The molecule has 0 spiro atoms. The molecule has 0 aromatic heterocycles. The third-order valence-corrected chi connectivity index (χ3v) is 2.58. The van der Waals surface area contributed by atoms with Gasteiger partial charge in [-0.1, -0.05) is 6.92 Å². The number of carbonyl (C=O) groups excluding carboxylic acids is 1. The smallest absolute Gasteiger partial charge is 0.224 e. The van der Waals surface area contributed by atoms with E-state index in [1.165, 1.54) is 0 Å². The number of hydrogen-bond donors (Lipinski definition) is 2. The number of hydrogen-bond acceptors (Lipinski definition) is 2. The fourth-order valence-corrected chi connectivity index (χ4v) is 1.33. The Morgan fingerprint density at radius 2 is 2.00 bits per heavy atom. The Labute approximate surface area is 103 Å². The second kappa shape index (κ2) is 6.39. The SMILES string of the molecule is CC(CN)CCC(=O)Nc1ccc(F)c(F)c1F. The number of carbonyl (C=O) groups is 1. The topological polar surface area (TPSA) is 55.1 Å². The van der Waals surface area contributed by atoms with Gasteiger partial charge in [-0.25, -0.2) is 13.2 Å². The standard InChI is InChI=1S/C12H15F3N2O/c1-7(6-16)2-5-10(18)17-9-4-3-8(13)11(14)12(9)15/h3-4,7H,2,5-6,16H2,1H3,(H,17,18). The van der Waals surface area contributed by atoms with Crippen molar-refractivity contribution in [2.75, 3.05) is 11.9 Å². The van der Waals surface area contributed by atoms with Crippen LogP contribution in [0.3, 0.4) is 0 Å². The molecule has 0 bridgehead atoms. The van der Waals surface area contributed by atoms with Crippen molar-refractivity contribution in [1.29, 1.82) is 0 Å². The maximum atomic E-state index is 13.2. The Kier molecular flexibility index (Phi) is 5.15. The molecule has 0 radical (unpaired) electrons. The molecular weight excluding hydrogens is 245 g/mol. The molecule has 6 heteroatoms. The quantitative estimate of drug-likeness (QED) is 0.799. The number of anilines is 1. The van der Waals surface area contributed by atoms with Crippen molar-refractivity contribution < 1.29 is 18.0 Å². The van der Waals surface area contributed by atoms with Crippen LogP contribution in [-0.4, -0.2) is 12.5 Å². The van der Waals surface area contributed by atoms with Gasteiger partial charge in [-0.05, 0) is 31.0 Å². The Balaban J connectivity index is 2.63. The van der Waals surface area contributed by atoms with E-state index in [0.29, 0.717) is 13.0 Å². The first-order valence-corrected chi connectivity index (χ1v) is 5.59. The third-order valence-electron chi connectivity index (χ3n) is 2.58. The predicted molar refractivity (Wildman–Crippen MR) is 62.4 cm³/mol. The molecule has 0 fully saturated rings. The first-order chi connectivity index (χ1) is 8.45. The lowest BCUT2D eigenvalue weighted by Crippen LogP contribution is -2.17. The molecule has 0 heterocycles. The van der Waals surface area contributed by atoms with E-state index in [4.69, 9.17) is 5.73 Å². The summed E-state index contributed by atoms with van der Waals surface area (Å²) in [4.78, 5) is 11.4. The molecule has 0 aliphatic carbocycles. The average molecular weight is 260 g/mol. The number of benzene rings is 1. The predicted octanol–water partition coefficient (Wildman–Crippen LogP) is 2.42. The summed E-state index contributed by atoms with van der Waals surface area (Å²) in [6.45, 7) is 2.33. The number of rotatable bonds is 5. The van der Waals surface area contributed by atoms with Crippen LogP contribution in [0.2, 0.25) is 0 Å². The van der Waals surface area contributed by atoms with Crippen LogP contribution in [-0.2, 0) is 4.79 Å². The zero-order chi connectivity index (χ0) is 13.7. The average Bonchev–Trinajstić information content (AvgIpc) is 2.36. The van der Waals surface area contributed by atoms with E-state index in [1.54, 1.807) is 0 Å². The number of halogens is 3. The number of nitrogens with two attached hydrogens (primary N) is 1. The molecule has 0 aliphatic rings. The zero-order valence-electron chi connectivity index (χ0n) is 9.97. The molecule has 100 valence electrons. The first-order valence-electron chi connectivity index (χ1n) is 5.59. The van der Waals surface area contributed by atoms with E-state index in [0.717, 1.165) is 12.1 Å². The van der Waals surface area contributed by atoms with Crippen molar-refractivity contribution in [1.82, 2.24) is 0 Å². The van der Waals surface area contributed by atoms with Gasteiger partial charge < -0.3 is 11.1 Å². The monoisotopic (exact) mass is 260 g/mol. The van der Waals surface area contributed by atoms with Crippen molar-refractivity contribution in [3.05, 3.63) is 29.6 Å². The highest BCUT2D eigenvalue weighted by Crippen LogP contribution is 2.20.